The molecule has 1 aliphatic rings. The Balaban J connectivity index is 1.21. The first-order valence-corrected chi connectivity index (χ1v) is 11.0. The van der Waals surface area contributed by atoms with Crippen molar-refractivity contribution in [2.45, 2.75) is 25.7 Å². The highest BCUT2D eigenvalue weighted by Gasteiger charge is 2.22. The van der Waals surface area contributed by atoms with Gasteiger partial charge in [0.25, 0.3) is 0 Å². The van der Waals surface area contributed by atoms with E-state index in [1.165, 1.54) is 17.1 Å². The Morgan fingerprint density at radius 1 is 1.00 bits per heavy atom. The number of piperidine rings is 1. The van der Waals surface area contributed by atoms with Crippen molar-refractivity contribution in [3.63, 3.8) is 0 Å². The van der Waals surface area contributed by atoms with Crippen molar-refractivity contribution in [2.24, 2.45) is 5.92 Å². The summed E-state index contributed by atoms with van der Waals surface area (Å²) in [6.45, 7) is 2.70. The van der Waals surface area contributed by atoms with Crippen molar-refractivity contribution < 1.29 is 4.79 Å². The van der Waals surface area contributed by atoms with Crippen molar-refractivity contribution in [2.75, 3.05) is 24.5 Å². The van der Waals surface area contributed by atoms with Crippen molar-refractivity contribution in [1.82, 2.24) is 14.7 Å². The fraction of sp³-hybridized carbons (Fsp3) is 0.348. The number of amides is 1. The van der Waals surface area contributed by atoms with Gasteiger partial charge in [0.2, 0.25) is 11.0 Å². The van der Waals surface area contributed by atoms with Gasteiger partial charge in [-0.1, -0.05) is 60.7 Å². The number of carbonyl (C=O) groups excluding carboxylic acids is 1. The average molecular weight is 407 g/mol. The van der Waals surface area contributed by atoms with Gasteiger partial charge in [0, 0.05) is 37.6 Å². The molecule has 3 aromatic rings. The summed E-state index contributed by atoms with van der Waals surface area (Å²) in [7, 11) is 0. The van der Waals surface area contributed by atoms with Gasteiger partial charge in [-0.15, -0.1) is 0 Å². The van der Waals surface area contributed by atoms with Gasteiger partial charge in [0.05, 0.1) is 6.42 Å². The second kappa shape index (κ2) is 9.65. The van der Waals surface area contributed by atoms with E-state index >= 15 is 0 Å². The highest BCUT2D eigenvalue weighted by atomic mass is 32.1. The summed E-state index contributed by atoms with van der Waals surface area (Å²) < 4.78 is 4.54. The van der Waals surface area contributed by atoms with Crippen LogP contribution in [0.3, 0.4) is 0 Å². The molecule has 1 aromatic heterocycles. The molecule has 1 amide bonds. The Hall–Kier alpha value is -2.73. The van der Waals surface area contributed by atoms with E-state index in [9.17, 15) is 4.79 Å². The third kappa shape index (κ3) is 5.64. The van der Waals surface area contributed by atoms with Crippen LogP contribution in [0.25, 0.3) is 0 Å². The summed E-state index contributed by atoms with van der Waals surface area (Å²) in [5, 5.41) is 4.12. The molecule has 0 unspecified atom stereocenters. The van der Waals surface area contributed by atoms with Crippen molar-refractivity contribution >= 4 is 22.6 Å². The van der Waals surface area contributed by atoms with Crippen LogP contribution in [0.15, 0.2) is 60.7 Å². The first-order chi connectivity index (χ1) is 14.3. The third-order valence-electron chi connectivity index (χ3n) is 5.34. The number of nitrogens with zero attached hydrogens (tertiary/aromatic N) is 3. The number of anilines is 1. The van der Waals surface area contributed by atoms with Gasteiger partial charge in [0.15, 0.2) is 0 Å². The molecular weight excluding hydrogens is 380 g/mol. The van der Waals surface area contributed by atoms with Crippen LogP contribution in [-0.4, -0.2) is 34.9 Å². The van der Waals surface area contributed by atoms with E-state index in [1.807, 2.05) is 48.5 Å². The van der Waals surface area contributed by atoms with E-state index in [0.717, 1.165) is 55.4 Å². The zero-order chi connectivity index (χ0) is 19.9. The third-order valence-corrected chi connectivity index (χ3v) is 6.16. The largest absolute Gasteiger partial charge is 0.356 e. The molecule has 4 rings (SSSR count). The predicted molar refractivity (Wildman–Crippen MR) is 117 cm³/mol. The normalized spacial score (nSPS) is 14.7. The first kappa shape index (κ1) is 19.6. The van der Waals surface area contributed by atoms with Gasteiger partial charge in [-0.05, 0) is 29.9 Å². The second-order valence-corrected chi connectivity index (χ2v) is 8.28. The molecule has 0 spiro atoms. The summed E-state index contributed by atoms with van der Waals surface area (Å²) >= 11 is 1.49. The van der Waals surface area contributed by atoms with Gasteiger partial charge in [-0.2, -0.15) is 4.37 Å². The number of rotatable bonds is 7. The Bertz CT molecular complexity index is 905. The van der Waals surface area contributed by atoms with E-state index in [1.54, 1.807) is 0 Å². The van der Waals surface area contributed by atoms with Gasteiger partial charge in [0.1, 0.15) is 5.82 Å². The Morgan fingerprint density at radius 3 is 2.34 bits per heavy atom. The van der Waals surface area contributed by atoms with Crippen LogP contribution in [0.1, 0.15) is 29.8 Å². The molecular formula is C23H26N4OS. The SMILES string of the molecule is O=C(Cc1ccccc1)NCC1CCN(c2nc(Cc3ccccc3)ns2)CC1. The van der Waals surface area contributed by atoms with Crippen LogP contribution in [0.4, 0.5) is 5.13 Å². The number of hydrogen-bond donors (Lipinski definition) is 1. The minimum Gasteiger partial charge on any atom is -0.356 e. The van der Waals surface area contributed by atoms with E-state index in [0.29, 0.717) is 12.3 Å². The minimum atomic E-state index is 0.105. The van der Waals surface area contributed by atoms with Crippen LogP contribution in [0.5, 0.6) is 0 Å². The van der Waals surface area contributed by atoms with E-state index in [2.05, 4.69) is 26.7 Å². The molecule has 6 heteroatoms. The van der Waals surface area contributed by atoms with Crippen LogP contribution in [-0.2, 0) is 17.6 Å². The van der Waals surface area contributed by atoms with Crippen LogP contribution < -0.4 is 10.2 Å². The molecule has 5 nitrogen and oxygen atoms in total. The number of nitrogens with one attached hydrogen (secondary N) is 1. The standard InChI is InChI=1S/C23H26N4OS/c28-22(16-19-9-5-2-6-10-19)24-17-20-11-13-27(14-12-20)23-25-21(26-29-23)15-18-7-3-1-4-8-18/h1-10,20H,11-17H2,(H,24,28). The summed E-state index contributed by atoms with van der Waals surface area (Å²) in [6, 6.07) is 20.2. The maximum absolute atomic E-state index is 12.2. The van der Waals surface area contributed by atoms with Gasteiger partial charge in [-0.25, -0.2) is 4.98 Å². The van der Waals surface area contributed by atoms with E-state index in [-0.39, 0.29) is 5.91 Å². The second-order valence-electron chi connectivity index (χ2n) is 7.55. The number of carbonyl (C=O) groups is 1. The smallest absolute Gasteiger partial charge is 0.224 e. The molecule has 2 aromatic carbocycles. The zero-order valence-electron chi connectivity index (χ0n) is 16.5. The molecule has 0 saturated carbocycles. The molecule has 0 aliphatic carbocycles. The predicted octanol–water partition coefficient (Wildman–Crippen LogP) is 3.70. The fourth-order valence-electron chi connectivity index (χ4n) is 3.65. The lowest BCUT2D eigenvalue weighted by Gasteiger charge is -2.31. The minimum absolute atomic E-state index is 0.105. The number of benzene rings is 2. The van der Waals surface area contributed by atoms with Crippen LogP contribution in [0, 0.1) is 5.92 Å². The lowest BCUT2D eigenvalue weighted by Crippen LogP contribution is -2.39. The van der Waals surface area contributed by atoms with Crippen molar-refractivity contribution in [3.05, 3.63) is 77.6 Å². The Morgan fingerprint density at radius 2 is 1.66 bits per heavy atom. The topological polar surface area (TPSA) is 58.1 Å². The van der Waals surface area contributed by atoms with Crippen LogP contribution in [0.2, 0.25) is 0 Å². The van der Waals surface area contributed by atoms with Crippen molar-refractivity contribution in [1.29, 1.82) is 0 Å². The molecule has 1 aliphatic heterocycles. The van der Waals surface area contributed by atoms with Crippen molar-refractivity contribution in [3.8, 4) is 0 Å². The van der Waals surface area contributed by atoms with Crippen LogP contribution >= 0.6 is 11.5 Å². The molecule has 1 saturated heterocycles. The lowest BCUT2D eigenvalue weighted by atomic mass is 9.97. The number of hydrogen-bond acceptors (Lipinski definition) is 5. The van der Waals surface area contributed by atoms with Gasteiger partial charge >= 0.3 is 0 Å². The molecule has 0 atom stereocenters. The van der Waals surface area contributed by atoms with Gasteiger partial charge in [-0.3, -0.25) is 4.79 Å². The summed E-state index contributed by atoms with van der Waals surface area (Å²) in [4.78, 5) is 19.2. The molecule has 0 radical (unpaired) electrons. The average Bonchev–Trinajstić information content (AvgIpc) is 3.22. The quantitative estimate of drug-likeness (QED) is 0.650. The summed E-state index contributed by atoms with van der Waals surface area (Å²) in [5.74, 6) is 1.53. The molecule has 1 N–H and O–H groups in total. The Kier molecular flexibility index (Phi) is 6.52. The molecule has 2 heterocycles. The maximum atomic E-state index is 12.2. The summed E-state index contributed by atoms with van der Waals surface area (Å²) in [6.07, 6.45) is 3.37. The molecule has 29 heavy (non-hydrogen) atoms. The summed E-state index contributed by atoms with van der Waals surface area (Å²) in [5.41, 5.74) is 2.30. The van der Waals surface area contributed by atoms with E-state index in [4.69, 9.17) is 4.98 Å². The molecule has 0 bridgehead atoms. The molecule has 1 fully saturated rings. The number of aromatic nitrogens is 2. The van der Waals surface area contributed by atoms with Gasteiger partial charge < -0.3 is 10.2 Å². The lowest BCUT2D eigenvalue weighted by molar-refractivity contribution is -0.120. The highest BCUT2D eigenvalue weighted by Crippen LogP contribution is 2.25. The molecule has 150 valence electrons. The monoisotopic (exact) mass is 406 g/mol. The maximum Gasteiger partial charge on any atom is 0.224 e. The zero-order valence-corrected chi connectivity index (χ0v) is 17.3. The first-order valence-electron chi connectivity index (χ1n) is 10.2. The highest BCUT2D eigenvalue weighted by molar-refractivity contribution is 7.09. The Labute approximate surface area is 176 Å². The fourth-order valence-corrected chi connectivity index (χ4v) is 4.39. The van der Waals surface area contributed by atoms with E-state index < -0.39 is 0 Å².